The molecule has 3 rings (SSSR count). The van der Waals surface area contributed by atoms with Crippen LogP contribution < -0.4 is 9.62 Å². The smallest absolute Gasteiger partial charge is 0.236 e. The van der Waals surface area contributed by atoms with Gasteiger partial charge < -0.3 is 4.90 Å². The van der Waals surface area contributed by atoms with Crippen LogP contribution in [0.1, 0.15) is 30.4 Å². The van der Waals surface area contributed by atoms with E-state index in [2.05, 4.69) is 9.62 Å². The minimum absolute atomic E-state index is 0.0114. The van der Waals surface area contributed by atoms with Crippen molar-refractivity contribution >= 4 is 21.4 Å². The predicted molar refractivity (Wildman–Crippen MR) is 99.9 cm³/mol. The highest BCUT2D eigenvalue weighted by Crippen LogP contribution is 2.22. The van der Waals surface area contributed by atoms with E-state index in [0.717, 1.165) is 29.9 Å². The molecular weight excluding hydrogens is 320 g/mol. The van der Waals surface area contributed by atoms with Crippen LogP contribution in [-0.2, 0) is 15.8 Å². The summed E-state index contributed by atoms with van der Waals surface area (Å²) < 4.78 is 27.4. The molecule has 0 atom stereocenters. The molecule has 0 amide bonds. The van der Waals surface area contributed by atoms with Crippen LogP contribution in [0.3, 0.4) is 0 Å². The van der Waals surface area contributed by atoms with Gasteiger partial charge in [0.05, 0.1) is 5.75 Å². The normalized spacial score (nSPS) is 15.3. The average Bonchev–Trinajstić information content (AvgIpc) is 2.55. The molecule has 0 aromatic heterocycles. The fraction of sp³-hybridized carbons (Fsp3) is 0.368. The largest absolute Gasteiger partial charge is 0.372 e. The van der Waals surface area contributed by atoms with E-state index in [1.807, 2.05) is 55.5 Å². The van der Waals surface area contributed by atoms with Gasteiger partial charge >= 0.3 is 0 Å². The van der Waals surface area contributed by atoms with Crippen molar-refractivity contribution < 1.29 is 8.42 Å². The van der Waals surface area contributed by atoms with Gasteiger partial charge in [0.1, 0.15) is 0 Å². The van der Waals surface area contributed by atoms with Gasteiger partial charge in [0.2, 0.25) is 10.0 Å². The summed E-state index contributed by atoms with van der Waals surface area (Å²) in [6.07, 6.45) is 3.75. The van der Waals surface area contributed by atoms with Crippen molar-refractivity contribution in [3.8, 4) is 0 Å². The molecule has 2 aromatic carbocycles. The molecule has 0 radical (unpaired) electrons. The maximum absolute atomic E-state index is 12.3. The Morgan fingerprint density at radius 2 is 1.71 bits per heavy atom. The lowest BCUT2D eigenvalue weighted by Gasteiger charge is -2.28. The van der Waals surface area contributed by atoms with Crippen LogP contribution in [0.25, 0.3) is 0 Å². The van der Waals surface area contributed by atoms with Crippen LogP contribution in [0.15, 0.2) is 48.5 Å². The number of sulfonamides is 1. The van der Waals surface area contributed by atoms with Gasteiger partial charge in [0, 0.05) is 24.5 Å². The molecule has 1 fully saturated rings. The van der Waals surface area contributed by atoms with Gasteiger partial charge in [0.15, 0.2) is 0 Å². The highest BCUT2D eigenvalue weighted by Gasteiger charge is 2.13. The zero-order chi connectivity index (χ0) is 17.0. The molecule has 2 aromatic rings. The molecule has 1 saturated heterocycles. The van der Waals surface area contributed by atoms with Gasteiger partial charge in [-0.15, -0.1) is 0 Å². The van der Waals surface area contributed by atoms with Crippen LogP contribution in [0.2, 0.25) is 0 Å². The number of nitrogens with one attached hydrogen (secondary N) is 1. The maximum atomic E-state index is 12.3. The van der Waals surface area contributed by atoms with Crippen molar-refractivity contribution in [2.24, 2.45) is 0 Å². The second-order valence-electron chi connectivity index (χ2n) is 6.44. The summed E-state index contributed by atoms with van der Waals surface area (Å²) in [4.78, 5) is 2.36. The zero-order valence-corrected chi connectivity index (χ0v) is 14.8. The molecule has 1 N–H and O–H groups in total. The monoisotopic (exact) mass is 344 g/mol. The Labute approximate surface area is 144 Å². The van der Waals surface area contributed by atoms with Crippen molar-refractivity contribution in [1.82, 2.24) is 0 Å². The molecule has 0 bridgehead atoms. The second-order valence-corrected chi connectivity index (χ2v) is 8.17. The van der Waals surface area contributed by atoms with Crippen molar-refractivity contribution in [2.75, 3.05) is 22.7 Å². The topological polar surface area (TPSA) is 49.4 Å². The first-order chi connectivity index (χ1) is 11.5. The fourth-order valence-corrected chi connectivity index (χ4v) is 4.32. The number of nitrogens with zero attached hydrogens (tertiary/aromatic N) is 1. The van der Waals surface area contributed by atoms with E-state index in [4.69, 9.17) is 0 Å². The molecule has 4 nitrogen and oxygen atoms in total. The van der Waals surface area contributed by atoms with Crippen molar-refractivity contribution in [3.05, 3.63) is 59.7 Å². The van der Waals surface area contributed by atoms with E-state index in [0.29, 0.717) is 5.69 Å². The average molecular weight is 344 g/mol. The zero-order valence-electron chi connectivity index (χ0n) is 14.0. The van der Waals surface area contributed by atoms with Crippen LogP contribution in [-0.4, -0.2) is 21.5 Å². The Hall–Kier alpha value is -2.01. The molecule has 5 heteroatoms. The SMILES string of the molecule is Cc1cccc(CS(=O)(=O)Nc2ccc(N3CCCCC3)cc2)c1. The highest BCUT2D eigenvalue weighted by molar-refractivity contribution is 7.91. The molecule has 0 spiro atoms. The Morgan fingerprint density at radius 1 is 1.00 bits per heavy atom. The molecule has 0 unspecified atom stereocenters. The fourth-order valence-electron chi connectivity index (χ4n) is 3.13. The van der Waals surface area contributed by atoms with E-state index < -0.39 is 10.0 Å². The first kappa shape index (κ1) is 16.8. The summed E-state index contributed by atoms with van der Waals surface area (Å²) in [6, 6.07) is 15.3. The summed E-state index contributed by atoms with van der Waals surface area (Å²) in [5.41, 5.74) is 3.64. The Balaban J connectivity index is 1.66. The molecule has 0 aliphatic carbocycles. The summed E-state index contributed by atoms with van der Waals surface area (Å²) >= 11 is 0. The summed E-state index contributed by atoms with van der Waals surface area (Å²) in [7, 11) is -3.41. The Kier molecular flexibility index (Phi) is 5.09. The van der Waals surface area contributed by atoms with Crippen molar-refractivity contribution in [3.63, 3.8) is 0 Å². The summed E-state index contributed by atoms with van der Waals surface area (Å²) in [6.45, 7) is 4.12. The van der Waals surface area contributed by atoms with Gasteiger partial charge in [-0.1, -0.05) is 29.8 Å². The molecule has 1 aliphatic rings. The molecular formula is C19H24N2O2S. The quantitative estimate of drug-likeness (QED) is 0.894. The lowest BCUT2D eigenvalue weighted by Crippen LogP contribution is -2.29. The number of anilines is 2. The van der Waals surface area contributed by atoms with Gasteiger partial charge in [-0.3, -0.25) is 4.72 Å². The minimum atomic E-state index is -3.41. The van der Waals surface area contributed by atoms with Crippen molar-refractivity contribution in [2.45, 2.75) is 31.9 Å². The molecule has 24 heavy (non-hydrogen) atoms. The number of piperidine rings is 1. The third kappa shape index (κ3) is 4.51. The van der Waals surface area contributed by atoms with Crippen LogP contribution in [0.5, 0.6) is 0 Å². The lowest BCUT2D eigenvalue weighted by molar-refractivity contribution is 0.578. The lowest BCUT2D eigenvalue weighted by atomic mass is 10.1. The van der Waals surface area contributed by atoms with Gasteiger partial charge in [-0.2, -0.15) is 0 Å². The highest BCUT2D eigenvalue weighted by atomic mass is 32.2. The van der Waals surface area contributed by atoms with Gasteiger partial charge in [-0.05, 0) is 56.0 Å². The van der Waals surface area contributed by atoms with Crippen molar-refractivity contribution in [1.29, 1.82) is 0 Å². The van der Waals surface area contributed by atoms with E-state index in [1.54, 1.807) is 0 Å². The van der Waals surface area contributed by atoms with E-state index in [9.17, 15) is 8.42 Å². The third-order valence-corrected chi connectivity index (χ3v) is 5.56. The van der Waals surface area contributed by atoms with Gasteiger partial charge in [-0.25, -0.2) is 8.42 Å². The predicted octanol–water partition coefficient (Wildman–Crippen LogP) is 3.93. The molecule has 128 valence electrons. The number of rotatable bonds is 5. The Morgan fingerprint density at radius 3 is 2.38 bits per heavy atom. The standard InChI is InChI=1S/C19H24N2O2S/c1-16-6-5-7-17(14-16)15-24(22,23)20-18-8-10-19(11-9-18)21-12-3-2-4-13-21/h5-11,14,20H,2-4,12-13,15H2,1H3. The Bertz CT molecular complexity index is 779. The van der Waals surface area contributed by atoms with Crippen LogP contribution in [0, 0.1) is 6.92 Å². The number of benzene rings is 2. The second kappa shape index (κ2) is 7.26. The third-order valence-electron chi connectivity index (χ3n) is 4.30. The maximum Gasteiger partial charge on any atom is 0.236 e. The van der Waals surface area contributed by atoms with E-state index in [1.165, 1.54) is 19.3 Å². The molecule has 1 heterocycles. The molecule has 1 aliphatic heterocycles. The van der Waals surface area contributed by atoms with Crippen LogP contribution >= 0.6 is 0 Å². The summed E-state index contributed by atoms with van der Waals surface area (Å²) in [5, 5.41) is 0. The number of hydrogen-bond acceptors (Lipinski definition) is 3. The first-order valence-electron chi connectivity index (χ1n) is 8.43. The molecule has 0 saturated carbocycles. The van der Waals surface area contributed by atoms with E-state index >= 15 is 0 Å². The first-order valence-corrected chi connectivity index (χ1v) is 10.1. The van der Waals surface area contributed by atoms with Gasteiger partial charge in [0.25, 0.3) is 0 Å². The number of aryl methyl sites for hydroxylation is 1. The van der Waals surface area contributed by atoms with Crippen LogP contribution in [0.4, 0.5) is 11.4 Å². The minimum Gasteiger partial charge on any atom is -0.372 e. The summed E-state index contributed by atoms with van der Waals surface area (Å²) in [5.74, 6) is -0.0114. The number of hydrogen-bond donors (Lipinski definition) is 1. The van der Waals surface area contributed by atoms with E-state index in [-0.39, 0.29) is 5.75 Å².